The van der Waals surface area contributed by atoms with Crippen LogP contribution in [0.2, 0.25) is 0 Å². The average molecular weight is 261 g/mol. The summed E-state index contributed by atoms with van der Waals surface area (Å²) in [5.74, 6) is 1.29. The Labute approximate surface area is 116 Å². The fraction of sp³-hybridized carbons (Fsp3) is 0.824. The van der Waals surface area contributed by atoms with Crippen molar-refractivity contribution < 1.29 is 4.79 Å². The molecule has 19 heavy (non-hydrogen) atoms. The second-order valence-electron chi connectivity index (χ2n) is 7.31. The van der Waals surface area contributed by atoms with Gasteiger partial charge in [-0.1, -0.05) is 25.5 Å². The minimum absolute atomic E-state index is 0.241. The molecule has 0 saturated heterocycles. The van der Waals surface area contributed by atoms with Gasteiger partial charge in [0.15, 0.2) is 0 Å². The third-order valence-electron chi connectivity index (χ3n) is 6.54. The van der Waals surface area contributed by atoms with Gasteiger partial charge in [-0.05, 0) is 49.9 Å². The van der Waals surface area contributed by atoms with Crippen LogP contribution in [0.5, 0.6) is 0 Å². The number of fused-ring (bicyclic) bond motifs is 3. The summed E-state index contributed by atoms with van der Waals surface area (Å²) >= 11 is 0. The Kier molecular flexibility index (Phi) is 3.12. The zero-order chi connectivity index (χ0) is 13.7. The molecule has 0 aromatic heterocycles. The van der Waals surface area contributed by atoms with Crippen LogP contribution in [0.4, 0.5) is 0 Å². The van der Waals surface area contributed by atoms with Crippen LogP contribution in [0.3, 0.4) is 0 Å². The van der Waals surface area contributed by atoms with Gasteiger partial charge in [-0.25, -0.2) is 0 Å². The van der Waals surface area contributed by atoms with Gasteiger partial charge in [0.2, 0.25) is 0 Å². The first-order valence-electron chi connectivity index (χ1n) is 7.97. The largest absolute Gasteiger partial charge is 0.330 e. The van der Waals surface area contributed by atoms with E-state index in [1.54, 1.807) is 5.57 Å². The van der Waals surface area contributed by atoms with Crippen LogP contribution in [-0.4, -0.2) is 12.3 Å². The van der Waals surface area contributed by atoms with Crippen LogP contribution in [0.25, 0.3) is 0 Å². The number of nitrogens with two attached hydrogens (primary N) is 1. The van der Waals surface area contributed by atoms with Crippen LogP contribution in [0.15, 0.2) is 11.6 Å². The molecule has 0 spiro atoms. The Morgan fingerprint density at radius 3 is 2.89 bits per heavy atom. The zero-order valence-electron chi connectivity index (χ0n) is 12.4. The molecule has 2 nitrogen and oxygen atoms in total. The molecular weight excluding hydrogens is 234 g/mol. The topological polar surface area (TPSA) is 43.1 Å². The predicted octanol–water partition coefficient (Wildman–Crippen LogP) is 3.46. The van der Waals surface area contributed by atoms with Crippen molar-refractivity contribution >= 4 is 5.78 Å². The normalized spacial score (nSPS) is 46.3. The summed E-state index contributed by atoms with van der Waals surface area (Å²) < 4.78 is 0. The Hall–Kier alpha value is -0.630. The van der Waals surface area contributed by atoms with Gasteiger partial charge in [-0.3, -0.25) is 4.79 Å². The molecule has 4 atom stereocenters. The minimum atomic E-state index is 0.241. The standard InChI is InChI=1S/C17H27NO/c1-12-13-6-10-17(11-18)8-4-3-5-15(17)16(13,2)9-7-14(12)19/h5,12-13H,3-4,6-11,18H2,1-2H3. The molecule has 0 aromatic carbocycles. The molecule has 0 radical (unpaired) electrons. The van der Waals surface area contributed by atoms with Gasteiger partial charge < -0.3 is 5.73 Å². The maximum atomic E-state index is 12.1. The number of hydrogen-bond donors (Lipinski definition) is 1. The number of rotatable bonds is 1. The molecule has 2 heteroatoms. The molecule has 0 heterocycles. The summed E-state index contributed by atoms with van der Waals surface area (Å²) in [5.41, 5.74) is 8.32. The fourth-order valence-electron chi connectivity index (χ4n) is 5.36. The summed E-state index contributed by atoms with van der Waals surface area (Å²) in [6.45, 7) is 5.37. The minimum Gasteiger partial charge on any atom is -0.330 e. The van der Waals surface area contributed by atoms with Gasteiger partial charge in [0, 0.05) is 24.3 Å². The fourth-order valence-corrected chi connectivity index (χ4v) is 5.36. The molecule has 0 bridgehead atoms. The molecule has 0 amide bonds. The molecule has 3 aliphatic carbocycles. The number of carbonyl (C=O) groups excluding carboxylic acids is 1. The second kappa shape index (κ2) is 4.44. The van der Waals surface area contributed by atoms with Crippen LogP contribution in [0.1, 0.15) is 58.8 Å². The monoisotopic (exact) mass is 261 g/mol. The van der Waals surface area contributed by atoms with E-state index in [0.29, 0.717) is 11.7 Å². The Balaban J connectivity index is 2.03. The lowest BCUT2D eigenvalue weighted by molar-refractivity contribution is -0.131. The van der Waals surface area contributed by atoms with Gasteiger partial charge in [0.25, 0.3) is 0 Å². The van der Waals surface area contributed by atoms with Gasteiger partial charge in [-0.15, -0.1) is 0 Å². The lowest BCUT2D eigenvalue weighted by Crippen LogP contribution is -2.52. The molecule has 4 unspecified atom stereocenters. The Morgan fingerprint density at radius 2 is 2.16 bits per heavy atom. The molecule has 2 saturated carbocycles. The van der Waals surface area contributed by atoms with E-state index in [1.807, 2.05) is 0 Å². The van der Waals surface area contributed by atoms with Gasteiger partial charge in [-0.2, -0.15) is 0 Å². The number of hydrogen-bond acceptors (Lipinski definition) is 2. The SMILES string of the molecule is CC1C(=O)CCC2(C)C3=CCCCC3(CN)CCC12. The van der Waals surface area contributed by atoms with Crippen molar-refractivity contribution in [2.75, 3.05) is 6.54 Å². The molecule has 106 valence electrons. The highest BCUT2D eigenvalue weighted by Gasteiger charge is 2.55. The van der Waals surface area contributed by atoms with Crippen molar-refractivity contribution in [2.45, 2.75) is 58.8 Å². The van der Waals surface area contributed by atoms with Crippen molar-refractivity contribution in [1.29, 1.82) is 0 Å². The van der Waals surface area contributed by atoms with E-state index < -0.39 is 0 Å². The van der Waals surface area contributed by atoms with Crippen LogP contribution >= 0.6 is 0 Å². The van der Waals surface area contributed by atoms with E-state index in [4.69, 9.17) is 5.73 Å². The van der Waals surface area contributed by atoms with Crippen LogP contribution in [0, 0.1) is 22.7 Å². The molecule has 2 fully saturated rings. The summed E-state index contributed by atoms with van der Waals surface area (Å²) in [7, 11) is 0. The van der Waals surface area contributed by atoms with Gasteiger partial charge in [0.1, 0.15) is 5.78 Å². The second-order valence-corrected chi connectivity index (χ2v) is 7.31. The Bertz CT molecular complexity index is 427. The maximum absolute atomic E-state index is 12.1. The van der Waals surface area contributed by atoms with Crippen molar-refractivity contribution in [3.63, 3.8) is 0 Å². The molecule has 3 rings (SSSR count). The quantitative estimate of drug-likeness (QED) is 0.735. The molecular formula is C17H27NO. The van der Waals surface area contributed by atoms with Crippen molar-refractivity contribution in [2.24, 2.45) is 28.4 Å². The maximum Gasteiger partial charge on any atom is 0.136 e. The third kappa shape index (κ3) is 1.75. The summed E-state index contributed by atoms with van der Waals surface area (Å²) in [6.07, 6.45) is 10.5. The number of ketones is 1. The average Bonchev–Trinajstić information content (AvgIpc) is 2.43. The van der Waals surface area contributed by atoms with E-state index in [2.05, 4.69) is 19.9 Å². The van der Waals surface area contributed by atoms with Gasteiger partial charge >= 0.3 is 0 Å². The molecule has 3 aliphatic rings. The number of allylic oxidation sites excluding steroid dienone is 1. The highest BCUT2D eigenvalue weighted by molar-refractivity contribution is 5.82. The van der Waals surface area contributed by atoms with Crippen molar-refractivity contribution in [3.05, 3.63) is 11.6 Å². The first-order valence-corrected chi connectivity index (χ1v) is 7.97. The summed E-state index contributed by atoms with van der Waals surface area (Å²) in [6, 6.07) is 0. The lowest BCUT2D eigenvalue weighted by atomic mass is 9.47. The number of carbonyl (C=O) groups is 1. The van der Waals surface area contributed by atoms with E-state index in [9.17, 15) is 4.79 Å². The summed E-state index contributed by atoms with van der Waals surface area (Å²) in [5, 5.41) is 0. The zero-order valence-corrected chi connectivity index (χ0v) is 12.4. The van der Waals surface area contributed by atoms with E-state index in [-0.39, 0.29) is 16.7 Å². The Morgan fingerprint density at radius 1 is 1.37 bits per heavy atom. The molecule has 2 N–H and O–H groups in total. The van der Waals surface area contributed by atoms with Crippen molar-refractivity contribution in [1.82, 2.24) is 0 Å². The molecule has 0 aliphatic heterocycles. The highest BCUT2D eigenvalue weighted by Crippen LogP contribution is 2.62. The third-order valence-corrected chi connectivity index (χ3v) is 6.54. The van der Waals surface area contributed by atoms with E-state index >= 15 is 0 Å². The first-order chi connectivity index (χ1) is 9.03. The van der Waals surface area contributed by atoms with E-state index in [1.165, 1.54) is 32.1 Å². The van der Waals surface area contributed by atoms with Crippen LogP contribution in [-0.2, 0) is 4.79 Å². The number of Topliss-reactive ketones (excluding diaryl/α,β-unsaturated/α-hetero) is 1. The van der Waals surface area contributed by atoms with E-state index in [0.717, 1.165) is 19.4 Å². The van der Waals surface area contributed by atoms with Gasteiger partial charge in [0.05, 0.1) is 0 Å². The highest BCUT2D eigenvalue weighted by atomic mass is 16.1. The lowest BCUT2D eigenvalue weighted by Gasteiger charge is -2.58. The van der Waals surface area contributed by atoms with Crippen LogP contribution < -0.4 is 5.73 Å². The summed E-state index contributed by atoms with van der Waals surface area (Å²) in [4.78, 5) is 12.1. The van der Waals surface area contributed by atoms with Crippen molar-refractivity contribution in [3.8, 4) is 0 Å². The molecule has 0 aromatic rings. The first kappa shape index (κ1) is 13.4. The predicted molar refractivity (Wildman–Crippen MR) is 77.7 cm³/mol. The smallest absolute Gasteiger partial charge is 0.136 e.